The number of nitrogens with one attached hydrogen (secondary N) is 3. The van der Waals surface area contributed by atoms with E-state index in [1.807, 2.05) is 28.8 Å². The molecule has 1 saturated carbocycles. The van der Waals surface area contributed by atoms with Crippen molar-refractivity contribution in [2.75, 3.05) is 26.2 Å². The van der Waals surface area contributed by atoms with Gasteiger partial charge in [-0.3, -0.25) is 9.20 Å². The fourth-order valence-electron chi connectivity index (χ4n) is 3.60. The molecule has 2 heterocycles. The zero-order chi connectivity index (χ0) is 18.0. The Morgan fingerprint density at radius 3 is 2.64 bits per heavy atom. The molecule has 8 heteroatoms. The zero-order valence-corrected chi connectivity index (χ0v) is 18.0. The molecule has 28 heavy (non-hydrogen) atoms. The van der Waals surface area contributed by atoms with Gasteiger partial charge in [-0.2, -0.15) is 0 Å². The van der Waals surface area contributed by atoms with E-state index < -0.39 is 0 Å². The average molecular weight is 430 g/mol. The summed E-state index contributed by atoms with van der Waals surface area (Å²) in [6, 6.07) is 6.32. The molecule has 2 aromatic heterocycles. The molecule has 0 saturated heterocycles. The highest BCUT2D eigenvalue weighted by molar-refractivity contribution is 5.93. The van der Waals surface area contributed by atoms with Crippen LogP contribution in [0.4, 0.5) is 0 Å². The molecule has 1 amide bonds. The summed E-state index contributed by atoms with van der Waals surface area (Å²) in [4.78, 5) is 16.5. The van der Waals surface area contributed by atoms with Gasteiger partial charge in [-0.1, -0.05) is 25.3 Å². The van der Waals surface area contributed by atoms with Gasteiger partial charge in [-0.25, -0.2) is 4.98 Å². The second-order valence-electron chi connectivity index (χ2n) is 7.07. The lowest BCUT2D eigenvalue weighted by Gasteiger charge is -2.22. The highest BCUT2D eigenvalue weighted by Gasteiger charge is 2.11. The van der Waals surface area contributed by atoms with Crippen molar-refractivity contribution in [1.82, 2.24) is 25.3 Å². The van der Waals surface area contributed by atoms with Gasteiger partial charge in [0.05, 0.1) is 0 Å². The number of pyridine rings is 1. The van der Waals surface area contributed by atoms with Crippen LogP contribution in [0.15, 0.2) is 30.6 Å². The molecule has 1 aliphatic carbocycles. The van der Waals surface area contributed by atoms with Crippen molar-refractivity contribution in [2.45, 2.75) is 51.0 Å². The van der Waals surface area contributed by atoms with Crippen molar-refractivity contribution in [2.24, 2.45) is 0 Å². The quantitative estimate of drug-likeness (QED) is 0.507. The Labute approximate surface area is 180 Å². The minimum atomic E-state index is -0.0433. The monoisotopic (exact) mass is 429 g/mol. The Kier molecular flexibility index (Phi) is 12.1. The van der Waals surface area contributed by atoms with Gasteiger partial charge in [0.1, 0.15) is 11.3 Å². The minimum Gasteiger partial charge on any atom is -0.351 e. The number of amides is 1. The van der Waals surface area contributed by atoms with Crippen LogP contribution >= 0.6 is 24.8 Å². The molecule has 0 unspecified atom stereocenters. The molecule has 0 bridgehead atoms. The van der Waals surface area contributed by atoms with E-state index in [-0.39, 0.29) is 30.7 Å². The molecule has 0 aliphatic heterocycles. The molecular formula is C20H33Cl2N5O. The second kappa shape index (κ2) is 13.8. The first-order chi connectivity index (χ1) is 12.8. The molecule has 3 N–H and O–H groups in total. The number of aromatic nitrogens is 2. The molecular weight excluding hydrogens is 397 g/mol. The van der Waals surface area contributed by atoms with Gasteiger partial charge in [0.15, 0.2) is 0 Å². The van der Waals surface area contributed by atoms with Crippen molar-refractivity contribution in [1.29, 1.82) is 0 Å². The smallest absolute Gasteiger partial charge is 0.268 e. The molecule has 158 valence electrons. The lowest BCUT2D eigenvalue weighted by atomic mass is 9.95. The van der Waals surface area contributed by atoms with E-state index >= 15 is 0 Å². The third-order valence-electron chi connectivity index (χ3n) is 5.07. The first kappa shape index (κ1) is 24.7. The number of carbonyl (C=O) groups excluding carboxylic acids is 1. The Bertz CT molecular complexity index is 688. The van der Waals surface area contributed by atoms with Crippen molar-refractivity contribution in [3.63, 3.8) is 0 Å². The summed E-state index contributed by atoms with van der Waals surface area (Å²) in [6.07, 6.45) is 12.4. The maximum absolute atomic E-state index is 12.3. The van der Waals surface area contributed by atoms with Crippen LogP contribution in [0, 0.1) is 0 Å². The van der Waals surface area contributed by atoms with E-state index in [9.17, 15) is 4.79 Å². The molecule has 1 aliphatic rings. The average Bonchev–Trinajstić information content (AvgIpc) is 3.16. The normalized spacial score (nSPS) is 14.3. The summed E-state index contributed by atoms with van der Waals surface area (Å²) >= 11 is 0. The Morgan fingerprint density at radius 1 is 1.04 bits per heavy atom. The number of rotatable bonds is 10. The molecule has 0 spiro atoms. The molecule has 6 nitrogen and oxygen atoms in total. The lowest BCUT2D eigenvalue weighted by molar-refractivity contribution is 0.0946. The fraction of sp³-hybridized carbons (Fsp3) is 0.600. The second-order valence-corrected chi connectivity index (χ2v) is 7.07. The maximum atomic E-state index is 12.3. The van der Waals surface area contributed by atoms with E-state index in [1.165, 1.54) is 32.1 Å². The van der Waals surface area contributed by atoms with E-state index in [0.29, 0.717) is 12.2 Å². The van der Waals surface area contributed by atoms with Gasteiger partial charge >= 0.3 is 0 Å². The standard InChI is InChI=1S/C20H31N5O.2ClH/c26-20(18-9-6-10-19-23-15-16-25(18)19)24-12-5-4-11-21-13-14-22-17-7-2-1-3-8-17;;/h6,9-10,15-17,21-22H,1-5,7-8,11-14H2,(H,24,26);2*1H. The first-order valence-electron chi connectivity index (χ1n) is 9.99. The number of unbranched alkanes of at least 4 members (excludes halogenated alkanes) is 1. The van der Waals surface area contributed by atoms with Crippen LogP contribution in [0.2, 0.25) is 0 Å². The fourth-order valence-corrected chi connectivity index (χ4v) is 3.60. The van der Waals surface area contributed by atoms with E-state index in [4.69, 9.17) is 0 Å². The van der Waals surface area contributed by atoms with Gasteiger partial charge in [-0.05, 0) is 44.4 Å². The molecule has 0 atom stereocenters. The van der Waals surface area contributed by atoms with Crippen LogP contribution in [0.1, 0.15) is 55.4 Å². The summed E-state index contributed by atoms with van der Waals surface area (Å²) in [5.74, 6) is -0.0433. The van der Waals surface area contributed by atoms with Crippen LogP contribution in [-0.2, 0) is 0 Å². The zero-order valence-electron chi connectivity index (χ0n) is 16.4. The lowest BCUT2D eigenvalue weighted by Crippen LogP contribution is -2.36. The summed E-state index contributed by atoms with van der Waals surface area (Å²) in [7, 11) is 0. The predicted molar refractivity (Wildman–Crippen MR) is 119 cm³/mol. The molecule has 3 rings (SSSR count). The van der Waals surface area contributed by atoms with Gasteiger partial charge in [0.25, 0.3) is 5.91 Å². The van der Waals surface area contributed by atoms with Crippen LogP contribution in [0.25, 0.3) is 5.65 Å². The molecule has 2 aromatic rings. The number of hydrogen-bond acceptors (Lipinski definition) is 4. The summed E-state index contributed by atoms with van der Waals surface area (Å²) in [5.41, 5.74) is 1.43. The topological polar surface area (TPSA) is 70.5 Å². The van der Waals surface area contributed by atoms with Gasteiger partial charge in [-0.15, -0.1) is 24.8 Å². The van der Waals surface area contributed by atoms with Gasteiger partial charge in [0, 0.05) is 38.1 Å². The van der Waals surface area contributed by atoms with Crippen LogP contribution in [0.3, 0.4) is 0 Å². The highest BCUT2D eigenvalue weighted by atomic mass is 35.5. The van der Waals surface area contributed by atoms with Crippen molar-refractivity contribution in [3.05, 3.63) is 36.3 Å². The predicted octanol–water partition coefficient (Wildman–Crippen LogP) is 3.20. The summed E-state index contributed by atoms with van der Waals surface area (Å²) < 4.78 is 1.82. The largest absolute Gasteiger partial charge is 0.351 e. The minimum absolute atomic E-state index is 0. The van der Waals surface area contributed by atoms with Gasteiger partial charge < -0.3 is 16.0 Å². The summed E-state index contributed by atoms with van der Waals surface area (Å²) in [6.45, 7) is 3.77. The van der Waals surface area contributed by atoms with Crippen LogP contribution < -0.4 is 16.0 Å². The Hall–Kier alpha value is -1.34. The van der Waals surface area contributed by atoms with Crippen molar-refractivity contribution < 1.29 is 4.79 Å². The van der Waals surface area contributed by atoms with Crippen molar-refractivity contribution in [3.8, 4) is 0 Å². The Balaban J connectivity index is 0.00000196. The SMILES string of the molecule is Cl.Cl.O=C(NCCCCNCCNC1CCCCC1)c1cccc2nccn12. The number of hydrogen-bond donors (Lipinski definition) is 3. The Morgan fingerprint density at radius 2 is 1.82 bits per heavy atom. The highest BCUT2D eigenvalue weighted by Crippen LogP contribution is 2.16. The maximum Gasteiger partial charge on any atom is 0.268 e. The number of carbonyl (C=O) groups is 1. The molecule has 0 aromatic carbocycles. The van der Waals surface area contributed by atoms with Gasteiger partial charge in [0.2, 0.25) is 0 Å². The molecule has 0 radical (unpaired) electrons. The number of halogens is 2. The third kappa shape index (κ3) is 7.59. The molecule has 1 fully saturated rings. The number of fused-ring (bicyclic) bond motifs is 1. The number of nitrogens with zero attached hydrogens (tertiary/aromatic N) is 2. The van der Waals surface area contributed by atoms with Crippen molar-refractivity contribution >= 4 is 36.4 Å². The summed E-state index contributed by atoms with van der Waals surface area (Å²) in [5, 5.41) is 10.1. The third-order valence-corrected chi connectivity index (χ3v) is 5.07. The van der Waals surface area contributed by atoms with E-state index in [2.05, 4.69) is 20.9 Å². The first-order valence-corrected chi connectivity index (χ1v) is 9.99. The van der Waals surface area contributed by atoms with E-state index in [0.717, 1.165) is 44.2 Å². The van der Waals surface area contributed by atoms with Crippen LogP contribution in [-0.4, -0.2) is 47.5 Å². The van der Waals surface area contributed by atoms with E-state index in [1.54, 1.807) is 6.20 Å². The number of imidazole rings is 1. The van der Waals surface area contributed by atoms with Crippen LogP contribution in [0.5, 0.6) is 0 Å².